The third-order valence-corrected chi connectivity index (χ3v) is 5.38. The topological polar surface area (TPSA) is 46.2 Å². The smallest absolute Gasteiger partial charge is 0.215 e. The Balaban J connectivity index is 2.60. The average Bonchev–Trinajstić information content (AvgIpc) is 2.42. The van der Waals surface area contributed by atoms with Crippen LogP contribution >= 0.6 is 23.2 Å². The third-order valence-electron chi connectivity index (χ3n) is 3.50. The summed E-state index contributed by atoms with van der Waals surface area (Å²) in [5.74, 6) is 0.271. The fraction of sp³-hybridized carbons (Fsp3) is 0.600. The Bertz CT molecular complexity index is 547. The lowest BCUT2D eigenvalue weighted by Gasteiger charge is -2.15. The van der Waals surface area contributed by atoms with Crippen molar-refractivity contribution in [1.82, 2.24) is 4.72 Å². The van der Waals surface area contributed by atoms with Crippen LogP contribution in [0.2, 0.25) is 10.0 Å². The van der Waals surface area contributed by atoms with Gasteiger partial charge in [-0.05, 0) is 30.0 Å². The fourth-order valence-electron chi connectivity index (χ4n) is 2.08. The monoisotopic (exact) mass is 351 g/mol. The van der Waals surface area contributed by atoms with Crippen molar-refractivity contribution in [2.24, 2.45) is 5.92 Å². The minimum atomic E-state index is -3.38. The molecule has 0 heterocycles. The molecule has 6 heteroatoms. The second kappa shape index (κ2) is 8.99. The molecule has 0 saturated carbocycles. The molecule has 1 atom stereocenters. The van der Waals surface area contributed by atoms with Crippen molar-refractivity contribution in [2.75, 3.05) is 6.54 Å². The molecule has 0 amide bonds. The maximum atomic E-state index is 12.1. The Hall–Kier alpha value is -0.290. The van der Waals surface area contributed by atoms with Crippen molar-refractivity contribution in [3.63, 3.8) is 0 Å². The SMILES string of the molecule is CCCC[C@@H](CC)CNS(=O)(=O)Cc1ccc(Cl)cc1Cl. The second-order valence-corrected chi connectivity index (χ2v) is 7.91. The molecular weight excluding hydrogens is 329 g/mol. The van der Waals surface area contributed by atoms with Crippen LogP contribution in [0.3, 0.4) is 0 Å². The highest BCUT2D eigenvalue weighted by molar-refractivity contribution is 7.88. The molecule has 0 saturated heterocycles. The van der Waals surface area contributed by atoms with E-state index in [2.05, 4.69) is 18.6 Å². The maximum absolute atomic E-state index is 12.1. The van der Waals surface area contributed by atoms with E-state index in [4.69, 9.17) is 23.2 Å². The third kappa shape index (κ3) is 7.00. The molecule has 1 aromatic carbocycles. The second-order valence-electron chi connectivity index (χ2n) is 5.26. The van der Waals surface area contributed by atoms with Crippen LogP contribution < -0.4 is 4.72 Å². The van der Waals surface area contributed by atoms with E-state index in [-0.39, 0.29) is 5.75 Å². The Morgan fingerprint density at radius 3 is 2.52 bits per heavy atom. The van der Waals surface area contributed by atoms with Gasteiger partial charge in [0.1, 0.15) is 0 Å². The Labute approximate surface area is 138 Å². The van der Waals surface area contributed by atoms with Gasteiger partial charge in [0.25, 0.3) is 0 Å². The number of sulfonamides is 1. The highest BCUT2D eigenvalue weighted by Crippen LogP contribution is 2.22. The first kappa shape index (κ1) is 18.8. The van der Waals surface area contributed by atoms with Crippen molar-refractivity contribution in [2.45, 2.75) is 45.3 Å². The molecule has 0 radical (unpaired) electrons. The van der Waals surface area contributed by atoms with Crippen molar-refractivity contribution in [3.05, 3.63) is 33.8 Å². The summed E-state index contributed by atoms with van der Waals surface area (Å²) in [4.78, 5) is 0. The van der Waals surface area contributed by atoms with Crippen LogP contribution in [0.15, 0.2) is 18.2 Å². The minimum absolute atomic E-state index is 0.118. The lowest BCUT2D eigenvalue weighted by atomic mass is 10.00. The fourth-order valence-corrected chi connectivity index (χ4v) is 3.89. The summed E-state index contributed by atoms with van der Waals surface area (Å²) in [6, 6.07) is 4.86. The lowest BCUT2D eigenvalue weighted by Crippen LogP contribution is -2.30. The van der Waals surface area contributed by atoms with Crippen LogP contribution in [0.5, 0.6) is 0 Å². The van der Waals surface area contributed by atoms with E-state index in [1.807, 2.05) is 0 Å². The molecule has 0 fully saturated rings. The van der Waals surface area contributed by atoms with Gasteiger partial charge in [0, 0.05) is 16.6 Å². The quantitative estimate of drug-likeness (QED) is 0.704. The van der Waals surface area contributed by atoms with Gasteiger partial charge in [0.2, 0.25) is 10.0 Å². The normalized spacial score (nSPS) is 13.3. The number of nitrogens with one attached hydrogen (secondary N) is 1. The molecule has 3 nitrogen and oxygen atoms in total. The maximum Gasteiger partial charge on any atom is 0.215 e. The van der Waals surface area contributed by atoms with Crippen LogP contribution in [-0.2, 0) is 15.8 Å². The van der Waals surface area contributed by atoms with E-state index >= 15 is 0 Å². The van der Waals surface area contributed by atoms with Gasteiger partial charge < -0.3 is 0 Å². The number of hydrogen-bond donors (Lipinski definition) is 1. The summed E-state index contributed by atoms with van der Waals surface area (Å²) in [5.41, 5.74) is 0.565. The standard InChI is InChI=1S/C15H23Cl2NO2S/c1-3-5-6-12(4-2)10-18-21(19,20)11-13-7-8-14(16)9-15(13)17/h7-9,12,18H,3-6,10-11H2,1-2H3/t12-/m1/s1. The van der Waals surface area contributed by atoms with Crippen LogP contribution in [-0.4, -0.2) is 15.0 Å². The zero-order chi connectivity index (χ0) is 15.9. The highest BCUT2D eigenvalue weighted by Gasteiger charge is 2.16. The van der Waals surface area contributed by atoms with Gasteiger partial charge in [-0.1, -0.05) is 62.4 Å². The van der Waals surface area contributed by atoms with Crippen molar-refractivity contribution in [3.8, 4) is 0 Å². The van der Waals surface area contributed by atoms with E-state index in [1.54, 1.807) is 18.2 Å². The predicted octanol–water partition coefficient (Wildman–Crippen LogP) is 4.63. The van der Waals surface area contributed by atoms with Crippen molar-refractivity contribution < 1.29 is 8.42 Å². The van der Waals surface area contributed by atoms with Gasteiger partial charge in [0.15, 0.2) is 0 Å². The molecular formula is C15H23Cl2NO2S. The first-order valence-electron chi connectivity index (χ1n) is 7.29. The Morgan fingerprint density at radius 2 is 1.95 bits per heavy atom. The summed E-state index contributed by atoms with van der Waals surface area (Å²) >= 11 is 11.8. The largest absolute Gasteiger partial charge is 0.215 e. The molecule has 0 spiro atoms. The molecule has 0 aliphatic rings. The average molecular weight is 352 g/mol. The zero-order valence-corrected chi connectivity index (χ0v) is 14.9. The molecule has 1 aromatic rings. The molecule has 21 heavy (non-hydrogen) atoms. The number of hydrogen-bond acceptors (Lipinski definition) is 2. The molecule has 120 valence electrons. The van der Waals surface area contributed by atoms with Gasteiger partial charge in [0.05, 0.1) is 5.75 Å². The van der Waals surface area contributed by atoms with E-state index in [9.17, 15) is 8.42 Å². The summed E-state index contributed by atoms with van der Waals surface area (Å²) in [6.45, 7) is 4.72. The lowest BCUT2D eigenvalue weighted by molar-refractivity contribution is 0.443. The van der Waals surface area contributed by atoms with Crippen LogP contribution in [0.1, 0.15) is 45.1 Å². The number of rotatable bonds is 9. The van der Waals surface area contributed by atoms with E-state index in [1.165, 1.54) is 0 Å². The summed E-state index contributed by atoms with van der Waals surface area (Å²) < 4.78 is 26.9. The zero-order valence-electron chi connectivity index (χ0n) is 12.5. The summed E-state index contributed by atoms with van der Waals surface area (Å²) in [6.07, 6.45) is 4.29. The van der Waals surface area contributed by atoms with Crippen LogP contribution in [0, 0.1) is 5.92 Å². The summed E-state index contributed by atoms with van der Waals surface area (Å²) in [5, 5.41) is 0.880. The Kier molecular flexibility index (Phi) is 8.03. The molecule has 0 aromatic heterocycles. The first-order chi connectivity index (χ1) is 9.88. The van der Waals surface area contributed by atoms with Gasteiger partial charge in [-0.3, -0.25) is 0 Å². The molecule has 0 aliphatic carbocycles. The first-order valence-corrected chi connectivity index (χ1v) is 9.70. The highest BCUT2D eigenvalue weighted by atomic mass is 35.5. The van der Waals surface area contributed by atoms with E-state index in [0.29, 0.717) is 28.1 Å². The van der Waals surface area contributed by atoms with Crippen molar-refractivity contribution in [1.29, 1.82) is 0 Å². The molecule has 1 rings (SSSR count). The summed E-state index contributed by atoms with van der Waals surface area (Å²) in [7, 11) is -3.38. The van der Waals surface area contributed by atoms with Crippen LogP contribution in [0.25, 0.3) is 0 Å². The van der Waals surface area contributed by atoms with Gasteiger partial charge >= 0.3 is 0 Å². The molecule has 1 N–H and O–H groups in total. The number of benzene rings is 1. The predicted molar refractivity (Wildman–Crippen MR) is 90.4 cm³/mol. The molecule has 0 aliphatic heterocycles. The number of unbranched alkanes of at least 4 members (excludes halogenated alkanes) is 1. The van der Waals surface area contributed by atoms with E-state index < -0.39 is 10.0 Å². The Morgan fingerprint density at radius 1 is 1.24 bits per heavy atom. The van der Waals surface area contributed by atoms with Gasteiger partial charge in [-0.2, -0.15) is 0 Å². The van der Waals surface area contributed by atoms with Crippen LogP contribution in [0.4, 0.5) is 0 Å². The number of halogens is 2. The van der Waals surface area contributed by atoms with Crippen molar-refractivity contribution >= 4 is 33.2 Å². The molecule has 0 unspecified atom stereocenters. The van der Waals surface area contributed by atoms with Gasteiger partial charge in [-0.25, -0.2) is 13.1 Å². The minimum Gasteiger partial charge on any atom is -0.215 e. The molecule has 0 bridgehead atoms. The van der Waals surface area contributed by atoms with E-state index in [0.717, 1.165) is 25.7 Å². The van der Waals surface area contributed by atoms with Gasteiger partial charge in [-0.15, -0.1) is 0 Å².